The summed E-state index contributed by atoms with van der Waals surface area (Å²) in [5.74, 6) is -0.719. The normalized spacial score (nSPS) is 15.4. The minimum absolute atomic E-state index is 0.00575. The first kappa shape index (κ1) is 22.9. The zero-order chi connectivity index (χ0) is 24.7. The Bertz CT molecular complexity index is 1480. The van der Waals surface area contributed by atoms with Crippen LogP contribution >= 0.6 is 24.0 Å². The summed E-state index contributed by atoms with van der Waals surface area (Å²) in [6, 6.07) is 12.0. The minimum atomic E-state index is -4.56. The number of hydrogen-bond acceptors (Lipinski definition) is 7. The lowest BCUT2D eigenvalue weighted by atomic mass is 10.1. The maximum absolute atomic E-state index is 15.0. The van der Waals surface area contributed by atoms with Gasteiger partial charge in [-0.25, -0.2) is 4.39 Å². The molecule has 1 aliphatic rings. The number of hydrogen-bond donors (Lipinski definition) is 1. The number of thioether (sulfide) groups is 1. The van der Waals surface area contributed by atoms with Gasteiger partial charge in [0.2, 0.25) is 5.82 Å². The number of tetrazole rings is 1. The Morgan fingerprint density at radius 2 is 1.86 bits per heavy atom. The molecule has 1 saturated heterocycles. The highest BCUT2D eigenvalue weighted by atomic mass is 32.2. The van der Waals surface area contributed by atoms with E-state index in [1.807, 2.05) is 0 Å². The highest BCUT2D eigenvalue weighted by Gasteiger charge is 2.36. The van der Waals surface area contributed by atoms with Crippen molar-refractivity contribution in [3.05, 3.63) is 76.6 Å². The first-order chi connectivity index (χ1) is 16.7. The predicted molar refractivity (Wildman–Crippen MR) is 124 cm³/mol. The number of H-pyrrole nitrogens is 1. The maximum atomic E-state index is 15.0. The third-order valence-electron chi connectivity index (χ3n) is 4.98. The van der Waals surface area contributed by atoms with Gasteiger partial charge in [-0.15, -0.1) is 10.2 Å². The van der Waals surface area contributed by atoms with Gasteiger partial charge >= 0.3 is 6.18 Å². The third kappa shape index (κ3) is 4.35. The smallest absolute Gasteiger partial charge is 0.416 e. The lowest BCUT2D eigenvalue weighted by molar-refractivity contribution is -0.137. The van der Waals surface area contributed by atoms with Gasteiger partial charge in [-0.05, 0) is 47.7 Å². The Morgan fingerprint density at radius 3 is 2.60 bits per heavy atom. The number of carbonyl (C=O) groups excluding carboxylic acids is 1. The van der Waals surface area contributed by atoms with E-state index >= 15 is 4.39 Å². The Labute approximate surface area is 203 Å². The lowest BCUT2D eigenvalue weighted by Crippen LogP contribution is -2.27. The molecule has 4 aromatic rings. The van der Waals surface area contributed by atoms with E-state index in [1.165, 1.54) is 42.5 Å². The molecule has 2 aromatic carbocycles. The summed E-state index contributed by atoms with van der Waals surface area (Å²) >= 11 is 6.15. The molecule has 2 aromatic heterocycles. The Kier molecular flexibility index (Phi) is 5.73. The molecule has 3 heterocycles. The molecule has 0 bridgehead atoms. The van der Waals surface area contributed by atoms with E-state index in [4.69, 9.17) is 16.6 Å². The molecular weight excluding hydrogens is 506 g/mol. The van der Waals surface area contributed by atoms with Crippen LogP contribution in [0.2, 0.25) is 0 Å². The molecule has 7 nitrogen and oxygen atoms in total. The van der Waals surface area contributed by atoms with E-state index in [9.17, 15) is 18.0 Å². The summed E-state index contributed by atoms with van der Waals surface area (Å²) in [5.41, 5.74) is -0.625. The van der Waals surface area contributed by atoms with Gasteiger partial charge in [-0.2, -0.15) is 18.4 Å². The number of thiocarbonyl (C=S) groups is 1. The number of rotatable bonds is 4. The number of anilines is 1. The van der Waals surface area contributed by atoms with Crippen LogP contribution in [0.1, 0.15) is 11.3 Å². The number of furan rings is 1. The summed E-state index contributed by atoms with van der Waals surface area (Å²) in [5, 5.41) is 13.2. The molecule has 0 aliphatic carbocycles. The zero-order valence-corrected chi connectivity index (χ0v) is 18.8. The molecule has 1 fully saturated rings. The van der Waals surface area contributed by atoms with Crippen LogP contribution in [-0.4, -0.2) is 30.9 Å². The number of alkyl halides is 3. The molecule has 13 heteroatoms. The Morgan fingerprint density at radius 1 is 1.09 bits per heavy atom. The largest absolute Gasteiger partial charge is 0.457 e. The molecule has 5 rings (SSSR count). The first-order valence-electron chi connectivity index (χ1n) is 9.80. The second-order valence-corrected chi connectivity index (χ2v) is 8.85. The van der Waals surface area contributed by atoms with E-state index in [0.717, 1.165) is 28.8 Å². The fraction of sp³-hybridized carbons (Fsp3) is 0.0455. The van der Waals surface area contributed by atoms with E-state index in [2.05, 4.69) is 20.6 Å². The quantitative estimate of drug-likeness (QED) is 0.211. The molecule has 35 heavy (non-hydrogen) atoms. The molecule has 0 spiro atoms. The molecule has 176 valence electrons. The van der Waals surface area contributed by atoms with Crippen LogP contribution in [0.15, 0.2) is 63.9 Å². The Balaban J connectivity index is 1.43. The van der Waals surface area contributed by atoms with E-state index in [1.54, 1.807) is 6.07 Å². The van der Waals surface area contributed by atoms with Crippen molar-refractivity contribution in [1.82, 2.24) is 20.6 Å². The van der Waals surface area contributed by atoms with Gasteiger partial charge < -0.3 is 4.42 Å². The average molecular weight is 517 g/mol. The average Bonchev–Trinajstić information content (AvgIpc) is 3.56. The van der Waals surface area contributed by atoms with Crippen molar-refractivity contribution < 1.29 is 26.8 Å². The van der Waals surface area contributed by atoms with Crippen LogP contribution in [-0.2, 0) is 11.0 Å². The van der Waals surface area contributed by atoms with Crippen LogP contribution in [0, 0.1) is 5.82 Å². The summed E-state index contributed by atoms with van der Waals surface area (Å²) < 4.78 is 60.1. The molecule has 1 aliphatic heterocycles. The summed E-state index contributed by atoms with van der Waals surface area (Å²) in [7, 11) is 0. The number of halogens is 4. The number of aromatic amines is 1. The van der Waals surface area contributed by atoms with E-state index < -0.39 is 23.5 Å². The number of nitrogens with zero attached hydrogens (tertiary/aromatic N) is 4. The van der Waals surface area contributed by atoms with Gasteiger partial charge in [-0.3, -0.25) is 9.69 Å². The number of carbonyl (C=O) groups is 1. The summed E-state index contributed by atoms with van der Waals surface area (Å²) in [6.45, 7) is 0. The molecule has 1 amide bonds. The van der Waals surface area contributed by atoms with Gasteiger partial charge in [-0.1, -0.05) is 36.1 Å². The molecule has 0 radical (unpaired) electrons. The van der Waals surface area contributed by atoms with E-state index in [-0.39, 0.29) is 43.4 Å². The standard InChI is InChI=1S/C22H11F4N5O2S2/c23-18-14(5-2-6-15(18)19-27-29-30-28-19)16-8-7-13(33-16)10-17-20(32)31(21(34)35-17)12-4-1-3-11(9-12)22(24,25)26/h1-10H,(H,27,28,29,30)/b17-10-. The molecule has 1 N–H and O–H groups in total. The van der Waals surface area contributed by atoms with Gasteiger partial charge in [0.1, 0.15) is 17.3 Å². The summed E-state index contributed by atoms with van der Waals surface area (Å²) in [4.78, 5) is 14.1. The second-order valence-electron chi connectivity index (χ2n) is 7.17. The molecule has 0 atom stereocenters. The van der Waals surface area contributed by atoms with Crippen LogP contribution in [0.5, 0.6) is 0 Å². The van der Waals surface area contributed by atoms with Crippen molar-refractivity contribution in [3.8, 4) is 22.7 Å². The summed E-state index contributed by atoms with van der Waals surface area (Å²) in [6.07, 6.45) is -3.16. The maximum Gasteiger partial charge on any atom is 0.416 e. The second kappa shape index (κ2) is 8.74. The van der Waals surface area contributed by atoms with Crippen LogP contribution in [0.4, 0.5) is 23.2 Å². The third-order valence-corrected chi connectivity index (χ3v) is 6.28. The fourth-order valence-corrected chi connectivity index (χ4v) is 4.67. The zero-order valence-electron chi connectivity index (χ0n) is 17.2. The number of nitrogens with one attached hydrogen (secondary N) is 1. The minimum Gasteiger partial charge on any atom is -0.457 e. The van der Waals surface area contributed by atoms with Crippen molar-refractivity contribution in [2.45, 2.75) is 6.18 Å². The predicted octanol–water partition coefficient (Wildman–Crippen LogP) is 5.69. The van der Waals surface area contributed by atoms with Gasteiger partial charge in [0.25, 0.3) is 5.91 Å². The van der Waals surface area contributed by atoms with Crippen molar-refractivity contribution in [1.29, 1.82) is 0 Å². The topological polar surface area (TPSA) is 87.9 Å². The van der Waals surface area contributed by atoms with Crippen molar-refractivity contribution in [3.63, 3.8) is 0 Å². The SMILES string of the molecule is O=C1/C(=C/c2ccc(-c3cccc(-c4nn[nH]n4)c3F)o2)SC(=S)N1c1cccc(C(F)(F)F)c1. The first-order valence-corrected chi connectivity index (χ1v) is 11.0. The highest BCUT2D eigenvalue weighted by molar-refractivity contribution is 8.27. The Hall–Kier alpha value is -3.84. The van der Waals surface area contributed by atoms with E-state index in [0.29, 0.717) is 0 Å². The van der Waals surface area contributed by atoms with Crippen molar-refractivity contribution >= 4 is 46.0 Å². The van der Waals surface area contributed by atoms with Crippen molar-refractivity contribution in [2.24, 2.45) is 0 Å². The van der Waals surface area contributed by atoms with Crippen molar-refractivity contribution in [2.75, 3.05) is 4.90 Å². The van der Waals surface area contributed by atoms with Gasteiger partial charge in [0.05, 0.1) is 27.3 Å². The van der Waals surface area contributed by atoms with Gasteiger partial charge in [0, 0.05) is 6.08 Å². The molecule has 0 unspecified atom stereocenters. The molecular formula is C22H11F4N5O2S2. The van der Waals surface area contributed by atoms with Crippen LogP contribution in [0.25, 0.3) is 28.8 Å². The van der Waals surface area contributed by atoms with Crippen LogP contribution < -0.4 is 4.90 Å². The number of amides is 1. The highest BCUT2D eigenvalue weighted by Crippen LogP contribution is 2.39. The van der Waals surface area contributed by atoms with Gasteiger partial charge in [0.15, 0.2) is 4.32 Å². The number of benzene rings is 2. The monoisotopic (exact) mass is 517 g/mol. The lowest BCUT2D eigenvalue weighted by Gasteiger charge is -2.16. The van der Waals surface area contributed by atoms with Crippen LogP contribution in [0.3, 0.4) is 0 Å². The number of aromatic nitrogens is 4. The molecule has 0 saturated carbocycles. The fourth-order valence-electron chi connectivity index (χ4n) is 3.39.